The van der Waals surface area contributed by atoms with Crippen LogP contribution in [0.15, 0.2) is 42.5 Å². The molecule has 4 rings (SSSR count). The first-order valence-corrected chi connectivity index (χ1v) is 12.9. The van der Waals surface area contributed by atoms with Crippen LogP contribution in [-0.4, -0.2) is 66.1 Å². The molecule has 2 aliphatic rings. The monoisotopic (exact) mass is 555 g/mol. The molecule has 3 amide bonds. The lowest BCUT2D eigenvalue weighted by atomic mass is 9.95. The Morgan fingerprint density at radius 2 is 1.81 bits per heavy atom. The van der Waals surface area contributed by atoms with Crippen molar-refractivity contribution in [3.8, 4) is 0 Å². The van der Waals surface area contributed by atoms with Gasteiger partial charge in [-0.05, 0) is 48.7 Å². The lowest BCUT2D eigenvalue weighted by Crippen LogP contribution is -2.58. The molecule has 2 fully saturated rings. The van der Waals surface area contributed by atoms with E-state index >= 15 is 0 Å². The van der Waals surface area contributed by atoms with Gasteiger partial charge in [-0.1, -0.05) is 46.9 Å². The third-order valence-corrected chi connectivity index (χ3v) is 7.22. The third kappa shape index (κ3) is 7.25. The van der Waals surface area contributed by atoms with Gasteiger partial charge < -0.3 is 30.1 Å². The number of halogens is 3. The van der Waals surface area contributed by atoms with Gasteiger partial charge in [0, 0.05) is 17.3 Å². The fraction of sp³-hybridized carbons (Fsp3) is 0.440. The Morgan fingerprint density at radius 3 is 2.56 bits per heavy atom. The summed E-state index contributed by atoms with van der Waals surface area (Å²) in [5, 5.41) is 17.4. The Balaban J connectivity index is 1.36. The molecule has 0 unspecified atom stereocenters. The number of ether oxygens (including phenoxy) is 2. The highest BCUT2D eigenvalue weighted by molar-refractivity contribution is 6.42. The Bertz CT molecular complexity index is 1070. The van der Waals surface area contributed by atoms with Crippen LogP contribution in [0, 0.1) is 0 Å². The van der Waals surface area contributed by atoms with Crippen molar-refractivity contribution in [2.45, 2.75) is 50.2 Å². The third-order valence-electron chi connectivity index (χ3n) is 6.23. The average Bonchev–Trinajstić information content (AvgIpc) is 2.84. The number of aliphatic hydroxyl groups excluding tert-OH is 1. The van der Waals surface area contributed by atoms with E-state index in [0.29, 0.717) is 40.1 Å². The topological polar surface area (TPSA) is 100 Å². The number of carbonyl (C=O) groups is 2. The van der Waals surface area contributed by atoms with Gasteiger partial charge in [-0.2, -0.15) is 0 Å². The first-order valence-electron chi connectivity index (χ1n) is 11.7. The molecule has 0 bridgehead atoms. The molecule has 2 heterocycles. The molecule has 2 saturated heterocycles. The van der Waals surface area contributed by atoms with Gasteiger partial charge in [-0.3, -0.25) is 4.79 Å². The van der Waals surface area contributed by atoms with E-state index in [9.17, 15) is 14.7 Å². The molecular weight excluding hydrogens is 529 g/mol. The smallest absolute Gasteiger partial charge is 0.322 e. The number of hydrogen-bond donors (Lipinski definition) is 3. The molecule has 4 atom stereocenters. The minimum atomic E-state index is -0.832. The van der Waals surface area contributed by atoms with E-state index in [1.807, 2.05) is 12.1 Å². The lowest BCUT2D eigenvalue weighted by Gasteiger charge is -2.44. The highest BCUT2D eigenvalue weighted by atomic mass is 35.5. The van der Waals surface area contributed by atoms with Gasteiger partial charge in [0.15, 0.2) is 0 Å². The van der Waals surface area contributed by atoms with Crippen LogP contribution in [0.2, 0.25) is 15.1 Å². The van der Waals surface area contributed by atoms with E-state index in [1.165, 1.54) is 0 Å². The summed E-state index contributed by atoms with van der Waals surface area (Å²) in [5.41, 5.74) is 1.44. The summed E-state index contributed by atoms with van der Waals surface area (Å²) in [6.45, 7) is 0.777. The number of rotatable bonds is 5. The van der Waals surface area contributed by atoms with Crippen molar-refractivity contribution in [3.05, 3.63) is 63.1 Å². The number of nitrogens with zero attached hydrogens (tertiary/aromatic N) is 1. The Hall–Kier alpha value is -2.07. The number of carbonyl (C=O) groups excluding carboxylic acids is 2. The van der Waals surface area contributed by atoms with Crippen molar-refractivity contribution in [2.24, 2.45) is 0 Å². The minimum absolute atomic E-state index is 0.0787. The molecule has 3 N–H and O–H groups in total. The van der Waals surface area contributed by atoms with Gasteiger partial charge in [-0.25, -0.2) is 4.79 Å². The van der Waals surface area contributed by atoms with Gasteiger partial charge in [0.1, 0.15) is 6.10 Å². The number of benzene rings is 2. The Labute approximate surface area is 224 Å². The maximum absolute atomic E-state index is 13.2. The maximum Gasteiger partial charge on any atom is 0.322 e. The van der Waals surface area contributed by atoms with Crippen LogP contribution < -0.4 is 10.6 Å². The van der Waals surface area contributed by atoms with Crippen LogP contribution in [-0.2, 0) is 20.8 Å². The molecule has 2 aliphatic heterocycles. The van der Waals surface area contributed by atoms with Crippen molar-refractivity contribution >= 4 is 52.4 Å². The average molecular weight is 557 g/mol. The van der Waals surface area contributed by atoms with Crippen LogP contribution in [0.4, 0.5) is 10.5 Å². The molecule has 0 radical (unpaired) electrons. The van der Waals surface area contributed by atoms with Crippen LogP contribution in [0.3, 0.4) is 0 Å². The number of urea groups is 1. The Kier molecular flexibility index (Phi) is 9.33. The molecule has 2 aromatic rings. The second-order valence-corrected chi connectivity index (χ2v) is 10.2. The second-order valence-electron chi connectivity index (χ2n) is 8.95. The second kappa shape index (κ2) is 12.4. The zero-order valence-electron chi connectivity index (χ0n) is 19.5. The van der Waals surface area contributed by atoms with Gasteiger partial charge >= 0.3 is 6.03 Å². The minimum Gasteiger partial charge on any atom is -0.389 e. The van der Waals surface area contributed by atoms with Crippen molar-refractivity contribution in [3.63, 3.8) is 0 Å². The van der Waals surface area contributed by atoms with Gasteiger partial charge in [0.2, 0.25) is 5.91 Å². The normalized spacial score (nSPS) is 24.3. The van der Waals surface area contributed by atoms with E-state index in [0.717, 1.165) is 5.56 Å². The summed E-state index contributed by atoms with van der Waals surface area (Å²) in [5.74, 6) is -0.121. The molecule has 2 aromatic carbocycles. The van der Waals surface area contributed by atoms with E-state index in [4.69, 9.17) is 44.3 Å². The summed E-state index contributed by atoms with van der Waals surface area (Å²) < 4.78 is 11.8. The summed E-state index contributed by atoms with van der Waals surface area (Å²) in [7, 11) is 0. The first kappa shape index (κ1) is 27.0. The maximum atomic E-state index is 13.2. The van der Waals surface area contributed by atoms with Crippen LogP contribution in [0.5, 0.6) is 0 Å². The van der Waals surface area contributed by atoms with E-state index in [1.54, 1.807) is 35.2 Å². The molecule has 11 heteroatoms. The number of fused-ring (bicyclic) bond motifs is 1. The number of anilines is 1. The van der Waals surface area contributed by atoms with Gasteiger partial charge in [-0.15, -0.1) is 0 Å². The lowest BCUT2D eigenvalue weighted by molar-refractivity contribution is -0.149. The standard InChI is InChI=1S/C25H28Cl3N3O5/c26-16-3-1-15(2-4-16)11-29-24(33)10-19-6-8-22-23(36-19)14-35-13-18(32)12-31(22)25(34)30-17-5-7-20(27)21(28)9-17/h1-5,7,9,18-19,22-23,32H,6,8,10-14H2,(H,29,33)(H,30,34)/t18-,19-,22+,23-/m0/s1. The highest BCUT2D eigenvalue weighted by Gasteiger charge is 2.40. The number of nitrogens with one attached hydrogen (secondary N) is 2. The fourth-order valence-corrected chi connectivity index (χ4v) is 4.85. The highest BCUT2D eigenvalue weighted by Crippen LogP contribution is 2.29. The zero-order chi connectivity index (χ0) is 25.7. The molecule has 8 nitrogen and oxygen atoms in total. The molecular formula is C25H28Cl3N3O5. The van der Waals surface area contributed by atoms with Crippen LogP contribution in [0.1, 0.15) is 24.8 Å². The predicted molar refractivity (Wildman–Crippen MR) is 139 cm³/mol. The van der Waals surface area contributed by atoms with Crippen LogP contribution in [0.25, 0.3) is 0 Å². The predicted octanol–water partition coefficient (Wildman–Crippen LogP) is 4.49. The molecule has 0 saturated carbocycles. The SMILES string of the molecule is O=C(C[C@@H]1CC[C@@H]2[C@H](COC[C@@H](O)CN2C(=O)Nc2ccc(Cl)c(Cl)c2)O1)NCc1ccc(Cl)cc1. The first-order chi connectivity index (χ1) is 17.3. The van der Waals surface area contributed by atoms with Crippen molar-refractivity contribution < 1.29 is 24.2 Å². The van der Waals surface area contributed by atoms with Crippen molar-refractivity contribution in [1.29, 1.82) is 0 Å². The summed E-state index contributed by atoms with van der Waals surface area (Å²) in [4.78, 5) is 27.3. The molecule has 36 heavy (non-hydrogen) atoms. The van der Waals surface area contributed by atoms with E-state index in [2.05, 4.69) is 10.6 Å². The largest absolute Gasteiger partial charge is 0.389 e. The summed E-state index contributed by atoms with van der Waals surface area (Å²) in [6.07, 6.45) is -0.173. The number of amides is 3. The Morgan fingerprint density at radius 1 is 1.03 bits per heavy atom. The number of hydrogen-bond acceptors (Lipinski definition) is 5. The van der Waals surface area contributed by atoms with Crippen molar-refractivity contribution in [2.75, 3.05) is 25.1 Å². The fourth-order valence-electron chi connectivity index (χ4n) is 4.43. The molecule has 0 aromatic heterocycles. The molecule has 194 valence electrons. The van der Waals surface area contributed by atoms with Crippen LogP contribution >= 0.6 is 34.8 Å². The summed E-state index contributed by atoms with van der Waals surface area (Å²) in [6, 6.07) is 11.4. The number of aliphatic hydroxyl groups is 1. The quantitative estimate of drug-likeness (QED) is 0.504. The van der Waals surface area contributed by atoms with Gasteiger partial charge in [0.25, 0.3) is 0 Å². The van der Waals surface area contributed by atoms with E-state index in [-0.39, 0.29) is 50.3 Å². The van der Waals surface area contributed by atoms with Gasteiger partial charge in [0.05, 0.1) is 54.5 Å². The molecule has 0 aliphatic carbocycles. The molecule has 0 spiro atoms. The van der Waals surface area contributed by atoms with E-state index < -0.39 is 12.2 Å². The summed E-state index contributed by atoms with van der Waals surface area (Å²) >= 11 is 17.9. The number of β-amino-alcohol motifs (C(OH)–C–C–N with tert-alkyl or cyclic N) is 1. The zero-order valence-corrected chi connectivity index (χ0v) is 21.7. The van der Waals surface area contributed by atoms with Crippen molar-refractivity contribution in [1.82, 2.24) is 10.2 Å².